The molecule has 0 aliphatic carbocycles. The summed E-state index contributed by atoms with van der Waals surface area (Å²) in [6.45, 7) is 0.860. The van der Waals surface area contributed by atoms with Crippen LogP contribution < -0.4 is 15.0 Å². The first kappa shape index (κ1) is 25.8. The molecule has 2 aromatic carbocycles. The molecule has 1 aliphatic rings. The van der Waals surface area contributed by atoms with E-state index in [1.165, 1.54) is 0 Å². The molecule has 4 aromatic rings. The fourth-order valence-corrected chi connectivity index (χ4v) is 5.10. The summed E-state index contributed by atoms with van der Waals surface area (Å²) in [6, 6.07) is 20.0. The van der Waals surface area contributed by atoms with Crippen molar-refractivity contribution < 1.29 is 13.9 Å². The van der Waals surface area contributed by atoms with Crippen LogP contribution >= 0.6 is 47.0 Å². The zero-order chi connectivity index (χ0) is 25.9. The number of rotatable bonds is 8. The number of aromatic nitrogens is 1. The van der Waals surface area contributed by atoms with E-state index in [1.807, 2.05) is 59.5 Å². The lowest BCUT2D eigenvalue weighted by Crippen LogP contribution is -2.29. The van der Waals surface area contributed by atoms with Gasteiger partial charge in [-0.3, -0.25) is 4.98 Å². The van der Waals surface area contributed by atoms with Crippen molar-refractivity contribution in [2.45, 2.75) is 12.1 Å². The van der Waals surface area contributed by atoms with Crippen LogP contribution in [0.15, 0.2) is 77.3 Å². The highest BCUT2D eigenvalue weighted by Gasteiger charge is 2.42. The Labute approximate surface area is 235 Å². The molecule has 3 heterocycles. The third kappa shape index (κ3) is 5.42. The zero-order valence-electron chi connectivity index (χ0n) is 19.7. The standard InChI is InChI=1S/C27H22Cl3N3O3S/c1-34-12-13-35-23-8-6-17(15-20(23)30)33-26(25(32-27(33)37)21-4-2-3-11-31-21)24-10-9-22(36-24)16-5-7-18(28)19(29)14-16/h2-11,14-15,25-26H,12-13H2,1H3,(H,32,37)/t25-,26+/m1/s1. The predicted molar refractivity (Wildman–Crippen MR) is 151 cm³/mol. The van der Waals surface area contributed by atoms with Gasteiger partial charge in [-0.05, 0) is 72.9 Å². The van der Waals surface area contributed by atoms with Crippen molar-refractivity contribution in [1.29, 1.82) is 0 Å². The maximum absolute atomic E-state index is 6.58. The Morgan fingerprint density at radius 3 is 2.57 bits per heavy atom. The lowest BCUT2D eigenvalue weighted by molar-refractivity contribution is 0.146. The SMILES string of the molecule is COCCOc1ccc(N2C(=S)N[C@H](c3ccccn3)[C@@H]2c2ccc(-c3ccc(Cl)c(Cl)c3)o2)cc1Cl. The van der Waals surface area contributed by atoms with E-state index in [-0.39, 0.29) is 12.1 Å². The van der Waals surface area contributed by atoms with Gasteiger partial charge in [-0.2, -0.15) is 0 Å². The fourth-order valence-electron chi connectivity index (χ4n) is 4.23. The third-order valence-corrected chi connectivity index (χ3v) is 7.31. The maximum Gasteiger partial charge on any atom is 0.174 e. The molecule has 0 saturated carbocycles. The van der Waals surface area contributed by atoms with Gasteiger partial charge < -0.3 is 24.1 Å². The quantitative estimate of drug-likeness (QED) is 0.173. The van der Waals surface area contributed by atoms with Crippen molar-refractivity contribution >= 4 is 57.8 Å². The molecule has 0 spiro atoms. The van der Waals surface area contributed by atoms with E-state index >= 15 is 0 Å². The highest BCUT2D eigenvalue weighted by molar-refractivity contribution is 7.80. The fraction of sp³-hybridized carbons (Fsp3) is 0.185. The smallest absolute Gasteiger partial charge is 0.174 e. The summed E-state index contributed by atoms with van der Waals surface area (Å²) in [7, 11) is 1.62. The van der Waals surface area contributed by atoms with Gasteiger partial charge >= 0.3 is 0 Å². The van der Waals surface area contributed by atoms with E-state index in [9.17, 15) is 0 Å². The van der Waals surface area contributed by atoms with Gasteiger partial charge in [0.25, 0.3) is 0 Å². The molecule has 0 unspecified atom stereocenters. The number of nitrogens with one attached hydrogen (secondary N) is 1. The molecular formula is C27H22Cl3N3O3S. The Balaban J connectivity index is 1.53. The van der Waals surface area contributed by atoms with Gasteiger partial charge in [0.15, 0.2) is 5.11 Å². The second-order valence-corrected chi connectivity index (χ2v) is 9.89. The van der Waals surface area contributed by atoms with E-state index in [0.717, 1.165) is 16.9 Å². The topological polar surface area (TPSA) is 59.8 Å². The Hall–Kier alpha value is -2.81. The highest BCUT2D eigenvalue weighted by Crippen LogP contribution is 2.44. The Morgan fingerprint density at radius 1 is 0.973 bits per heavy atom. The summed E-state index contributed by atoms with van der Waals surface area (Å²) in [5.41, 5.74) is 2.43. The summed E-state index contributed by atoms with van der Waals surface area (Å²) in [5, 5.41) is 5.34. The van der Waals surface area contributed by atoms with Crippen LogP contribution in [0.2, 0.25) is 15.1 Å². The molecule has 1 N–H and O–H groups in total. The van der Waals surface area contributed by atoms with Crippen LogP contribution in [0.5, 0.6) is 5.75 Å². The largest absolute Gasteiger partial charge is 0.490 e. The minimum absolute atomic E-state index is 0.266. The highest BCUT2D eigenvalue weighted by atomic mass is 35.5. The number of thiocarbonyl (C=S) groups is 1. The first-order chi connectivity index (χ1) is 18.0. The summed E-state index contributed by atoms with van der Waals surface area (Å²) < 4.78 is 17.2. The van der Waals surface area contributed by atoms with Crippen LogP contribution in [-0.2, 0) is 4.74 Å². The van der Waals surface area contributed by atoms with Crippen LogP contribution in [-0.4, -0.2) is 30.4 Å². The van der Waals surface area contributed by atoms with Gasteiger partial charge in [0.2, 0.25) is 0 Å². The molecule has 1 fully saturated rings. The summed E-state index contributed by atoms with van der Waals surface area (Å²) >= 11 is 24.7. The number of furan rings is 1. The second-order valence-electron chi connectivity index (χ2n) is 8.28. The summed E-state index contributed by atoms with van der Waals surface area (Å²) in [4.78, 5) is 6.56. The predicted octanol–water partition coefficient (Wildman–Crippen LogP) is 7.50. The van der Waals surface area contributed by atoms with Crippen LogP contribution in [0.25, 0.3) is 11.3 Å². The molecule has 6 nitrogen and oxygen atoms in total. The molecule has 0 amide bonds. The Bertz CT molecular complexity index is 1420. The first-order valence-electron chi connectivity index (χ1n) is 11.4. The lowest BCUT2D eigenvalue weighted by Gasteiger charge is -2.26. The van der Waals surface area contributed by atoms with Gasteiger partial charge in [-0.15, -0.1) is 0 Å². The first-order valence-corrected chi connectivity index (χ1v) is 13.0. The van der Waals surface area contributed by atoms with Crippen molar-refractivity contribution in [2.24, 2.45) is 0 Å². The van der Waals surface area contributed by atoms with Crippen LogP contribution in [0.3, 0.4) is 0 Å². The van der Waals surface area contributed by atoms with E-state index in [4.69, 9.17) is 60.9 Å². The normalized spacial score (nSPS) is 17.2. The van der Waals surface area contributed by atoms with Crippen molar-refractivity contribution in [1.82, 2.24) is 10.3 Å². The molecule has 0 radical (unpaired) electrons. The zero-order valence-corrected chi connectivity index (χ0v) is 22.7. The summed E-state index contributed by atoms with van der Waals surface area (Å²) in [5.74, 6) is 1.92. The average molecular weight is 575 g/mol. The minimum Gasteiger partial charge on any atom is -0.490 e. The van der Waals surface area contributed by atoms with Crippen LogP contribution in [0.1, 0.15) is 23.5 Å². The van der Waals surface area contributed by atoms with E-state index < -0.39 is 0 Å². The van der Waals surface area contributed by atoms with Crippen molar-refractivity contribution in [3.8, 4) is 17.1 Å². The maximum atomic E-state index is 6.58. The molecule has 0 bridgehead atoms. The van der Waals surface area contributed by atoms with E-state index in [1.54, 1.807) is 25.4 Å². The monoisotopic (exact) mass is 573 g/mol. The molecule has 10 heteroatoms. The molecule has 2 aromatic heterocycles. The molecular weight excluding hydrogens is 553 g/mol. The van der Waals surface area contributed by atoms with E-state index in [0.29, 0.717) is 50.7 Å². The van der Waals surface area contributed by atoms with Crippen LogP contribution in [0.4, 0.5) is 5.69 Å². The number of hydrogen-bond donors (Lipinski definition) is 1. The molecule has 5 rings (SSSR count). The Kier molecular flexibility index (Phi) is 7.88. The molecule has 2 atom stereocenters. The number of nitrogens with zero attached hydrogens (tertiary/aromatic N) is 2. The summed E-state index contributed by atoms with van der Waals surface area (Å²) in [6.07, 6.45) is 1.76. The van der Waals surface area contributed by atoms with Gasteiger partial charge in [-0.1, -0.05) is 40.9 Å². The molecule has 37 heavy (non-hydrogen) atoms. The van der Waals surface area contributed by atoms with Gasteiger partial charge in [0.1, 0.15) is 29.9 Å². The number of benzene rings is 2. The van der Waals surface area contributed by atoms with Crippen LogP contribution in [0, 0.1) is 0 Å². The Morgan fingerprint density at radius 2 is 1.84 bits per heavy atom. The van der Waals surface area contributed by atoms with Crippen molar-refractivity contribution in [3.63, 3.8) is 0 Å². The average Bonchev–Trinajstić information content (AvgIpc) is 3.52. The number of halogens is 3. The number of anilines is 1. The number of ether oxygens (including phenoxy) is 2. The molecule has 1 saturated heterocycles. The number of hydrogen-bond acceptors (Lipinski definition) is 5. The van der Waals surface area contributed by atoms with Crippen molar-refractivity contribution in [2.75, 3.05) is 25.2 Å². The number of pyridine rings is 1. The van der Waals surface area contributed by atoms with Gasteiger partial charge in [-0.25, -0.2) is 0 Å². The minimum atomic E-state index is -0.338. The molecule has 1 aliphatic heterocycles. The van der Waals surface area contributed by atoms with E-state index in [2.05, 4.69) is 10.3 Å². The second kappa shape index (κ2) is 11.3. The third-order valence-electron chi connectivity index (χ3n) is 5.96. The van der Waals surface area contributed by atoms with Gasteiger partial charge in [0.05, 0.1) is 33.4 Å². The number of methoxy groups -OCH3 is 1. The van der Waals surface area contributed by atoms with Gasteiger partial charge in [0, 0.05) is 24.6 Å². The molecule has 190 valence electrons. The lowest BCUT2D eigenvalue weighted by atomic mass is 10.0. The van der Waals surface area contributed by atoms with Crippen molar-refractivity contribution in [3.05, 3.63) is 99.4 Å².